The summed E-state index contributed by atoms with van der Waals surface area (Å²) in [5.74, 6) is -0.127. The van der Waals surface area contributed by atoms with Crippen LogP contribution in [0.2, 0.25) is 0 Å². The maximum absolute atomic E-state index is 12.1. The first kappa shape index (κ1) is 10.9. The predicted molar refractivity (Wildman–Crippen MR) is 47.0 cm³/mol. The number of nitrogens with one attached hydrogen (secondary N) is 1. The summed E-state index contributed by atoms with van der Waals surface area (Å²) in [6.45, 7) is 2.33. The van der Waals surface area contributed by atoms with Crippen LogP contribution in [0.15, 0.2) is 0 Å². The molecule has 0 radical (unpaired) electrons. The second-order valence-corrected chi connectivity index (χ2v) is 3.54. The van der Waals surface area contributed by atoms with Crippen LogP contribution >= 0.6 is 0 Å². The Morgan fingerprint density at radius 3 is 2.85 bits per heavy atom. The average molecular weight is 193 g/mol. The van der Waals surface area contributed by atoms with Gasteiger partial charge >= 0.3 is 0 Å². The zero-order valence-corrected chi connectivity index (χ0v) is 7.93. The van der Waals surface area contributed by atoms with Gasteiger partial charge in [0.05, 0.1) is 0 Å². The molecule has 1 aliphatic rings. The Hall–Kier alpha value is -0.220. The van der Waals surface area contributed by atoms with Crippen molar-refractivity contribution in [2.24, 2.45) is 11.8 Å². The molecule has 0 amide bonds. The highest BCUT2D eigenvalue weighted by Crippen LogP contribution is 2.42. The smallest absolute Gasteiger partial charge is 0.241 e. The molecule has 0 saturated heterocycles. The zero-order valence-electron chi connectivity index (χ0n) is 7.93. The Kier molecular flexibility index (Phi) is 4.59. The van der Waals surface area contributed by atoms with E-state index >= 15 is 0 Å². The number of hydrogen-bond acceptors (Lipinski definition) is 2. The largest absolute Gasteiger partial charge is 0.385 e. The summed E-state index contributed by atoms with van der Waals surface area (Å²) in [6, 6.07) is 0. The van der Waals surface area contributed by atoms with E-state index in [-0.39, 0.29) is 11.8 Å². The molecule has 2 atom stereocenters. The van der Waals surface area contributed by atoms with Gasteiger partial charge in [-0.1, -0.05) is 0 Å². The topological polar surface area (TPSA) is 21.3 Å². The Morgan fingerprint density at radius 2 is 2.31 bits per heavy atom. The molecule has 0 heterocycles. The molecule has 0 aromatic rings. The molecule has 4 heteroatoms. The molecule has 13 heavy (non-hydrogen) atoms. The quantitative estimate of drug-likeness (QED) is 0.619. The summed E-state index contributed by atoms with van der Waals surface area (Å²) in [6.07, 6.45) is -0.483. The van der Waals surface area contributed by atoms with Gasteiger partial charge in [0.15, 0.2) is 0 Å². The molecular formula is C9H17F2NO. The van der Waals surface area contributed by atoms with Crippen molar-refractivity contribution in [3.05, 3.63) is 0 Å². The molecule has 1 rings (SSSR count). The molecule has 78 valence electrons. The van der Waals surface area contributed by atoms with Gasteiger partial charge in [0, 0.05) is 19.6 Å². The average Bonchev–Trinajstić information content (AvgIpc) is 2.83. The third-order valence-electron chi connectivity index (χ3n) is 2.41. The van der Waals surface area contributed by atoms with E-state index in [1.807, 2.05) is 0 Å². The summed E-state index contributed by atoms with van der Waals surface area (Å²) >= 11 is 0. The Labute approximate surface area is 77.6 Å². The number of hydrogen-bond donors (Lipinski definition) is 1. The fraction of sp³-hybridized carbons (Fsp3) is 1.00. The van der Waals surface area contributed by atoms with Crippen LogP contribution in [0.4, 0.5) is 8.78 Å². The van der Waals surface area contributed by atoms with Gasteiger partial charge in [0.1, 0.15) is 0 Å². The monoisotopic (exact) mass is 193 g/mol. The Morgan fingerprint density at radius 1 is 1.54 bits per heavy atom. The molecule has 1 aliphatic carbocycles. The molecule has 1 saturated carbocycles. The lowest BCUT2D eigenvalue weighted by atomic mass is 10.3. The second kappa shape index (κ2) is 5.50. The predicted octanol–water partition coefficient (Wildman–Crippen LogP) is 1.51. The van der Waals surface area contributed by atoms with E-state index in [2.05, 4.69) is 5.32 Å². The Bertz CT molecular complexity index is 144. The normalized spacial score (nSPS) is 26.8. The van der Waals surface area contributed by atoms with Crippen LogP contribution in [0.5, 0.6) is 0 Å². The molecule has 0 aliphatic heterocycles. The van der Waals surface area contributed by atoms with Gasteiger partial charge in [-0.2, -0.15) is 0 Å². The molecule has 2 nitrogen and oxygen atoms in total. The molecule has 0 bridgehead atoms. The van der Waals surface area contributed by atoms with Crippen molar-refractivity contribution < 1.29 is 13.5 Å². The third kappa shape index (κ3) is 4.00. The van der Waals surface area contributed by atoms with Gasteiger partial charge in [0.2, 0.25) is 6.43 Å². The van der Waals surface area contributed by atoms with Crippen molar-refractivity contribution in [2.75, 3.05) is 26.8 Å². The van der Waals surface area contributed by atoms with Crippen molar-refractivity contribution in [3.8, 4) is 0 Å². The van der Waals surface area contributed by atoms with Crippen molar-refractivity contribution in [1.29, 1.82) is 0 Å². The minimum absolute atomic E-state index is 0.211. The molecule has 1 N–H and O–H groups in total. The van der Waals surface area contributed by atoms with Crippen LogP contribution in [0.1, 0.15) is 12.8 Å². The maximum Gasteiger partial charge on any atom is 0.241 e. The summed E-state index contributed by atoms with van der Waals surface area (Å²) < 4.78 is 29.0. The zero-order chi connectivity index (χ0) is 9.68. The van der Waals surface area contributed by atoms with Crippen molar-refractivity contribution >= 4 is 0 Å². The first-order chi connectivity index (χ1) is 6.25. The molecule has 2 unspecified atom stereocenters. The van der Waals surface area contributed by atoms with Gasteiger partial charge in [0.25, 0.3) is 0 Å². The van der Waals surface area contributed by atoms with Crippen molar-refractivity contribution in [2.45, 2.75) is 19.3 Å². The number of halogens is 2. The van der Waals surface area contributed by atoms with Crippen molar-refractivity contribution in [3.63, 3.8) is 0 Å². The lowest BCUT2D eigenvalue weighted by molar-refractivity contribution is 0.116. The van der Waals surface area contributed by atoms with Crippen LogP contribution in [0, 0.1) is 11.8 Å². The summed E-state index contributed by atoms with van der Waals surface area (Å²) in [5, 5.41) is 3.15. The van der Waals surface area contributed by atoms with Gasteiger partial charge in [-0.3, -0.25) is 0 Å². The lowest BCUT2D eigenvalue weighted by Crippen LogP contribution is -2.20. The Balaban J connectivity index is 1.86. The van der Waals surface area contributed by atoms with Gasteiger partial charge < -0.3 is 10.1 Å². The summed E-state index contributed by atoms with van der Waals surface area (Å²) in [4.78, 5) is 0. The number of rotatable bonds is 7. The first-order valence-corrected chi connectivity index (χ1v) is 4.73. The third-order valence-corrected chi connectivity index (χ3v) is 2.41. The maximum atomic E-state index is 12.1. The molecule has 0 aromatic carbocycles. The van der Waals surface area contributed by atoms with Crippen LogP contribution in [-0.4, -0.2) is 33.2 Å². The van der Waals surface area contributed by atoms with Crippen LogP contribution < -0.4 is 5.32 Å². The fourth-order valence-electron chi connectivity index (χ4n) is 1.44. The van der Waals surface area contributed by atoms with Gasteiger partial charge in [-0.25, -0.2) is 8.78 Å². The highest BCUT2D eigenvalue weighted by Gasteiger charge is 2.43. The summed E-state index contributed by atoms with van der Waals surface area (Å²) in [7, 11) is 1.66. The van der Waals surface area contributed by atoms with Gasteiger partial charge in [-0.05, 0) is 31.8 Å². The number of alkyl halides is 2. The highest BCUT2D eigenvalue weighted by molar-refractivity contribution is 4.89. The number of ether oxygens (including phenoxy) is 1. The highest BCUT2D eigenvalue weighted by atomic mass is 19.3. The minimum atomic E-state index is -2.12. The minimum Gasteiger partial charge on any atom is -0.385 e. The SMILES string of the molecule is COCCCNCC1CC1C(F)F. The van der Waals surface area contributed by atoms with E-state index in [0.717, 1.165) is 26.1 Å². The van der Waals surface area contributed by atoms with E-state index in [4.69, 9.17) is 4.74 Å². The van der Waals surface area contributed by atoms with Crippen LogP contribution in [0.25, 0.3) is 0 Å². The molecule has 1 fully saturated rings. The second-order valence-electron chi connectivity index (χ2n) is 3.54. The van der Waals surface area contributed by atoms with E-state index in [0.29, 0.717) is 6.42 Å². The van der Waals surface area contributed by atoms with E-state index in [1.54, 1.807) is 7.11 Å². The summed E-state index contributed by atoms with van der Waals surface area (Å²) in [5.41, 5.74) is 0. The van der Waals surface area contributed by atoms with E-state index in [1.165, 1.54) is 0 Å². The molecule has 0 spiro atoms. The lowest BCUT2D eigenvalue weighted by Gasteiger charge is -2.03. The first-order valence-electron chi connectivity index (χ1n) is 4.73. The molecular weight excluding hydrogens is 176 g/mol. The number of methoxy groups -OCH3 is 1. The van der Waals surface area contributed by atoms with Crippen LogP contribution in [-0.2, 0) is 4.74 Å². The van der Waals surface area contributed by atoms with Gasteiger partial charge in [-0.15, -0.1) is 0 Å². The standard InChI is InChI=1S/C9H17F2NO/c1-13-4-2-3-12-6-7-5-8(7)9(10)11/h7-9,12H,2-6H2,1H3. The van der Waals surface area contributed by atoms with Crippen LogP contribution in [0.3, 0.4) is 0 Å². The molecule has 0 aromatic heterocycles. The van der Waals surface area contributed by atoms with Crippen molar-refractivity contribution in [1.82, 2.24) is 5.32 Å². The van der Waals surface area contributed by atoms with E-state index in [9.17, 15) is 8.78 Å². The fourth-order valence-corrected chi connectivity index (χ4v) is 1.44. The van der Waals surface area contributed by atoms with E-state index < -0.39 is 6.43 Å².